The highest BCUT2D eigenvalue weighted by atomic mass is 79.9. The van der Waals surface area contributed by atoms with Crippen molar-refractivity contribution in [2.45, 2.75) is 20.3 Å². The summed E-state index contributed by atoms with van der Waals surface area (Å²) >= 11 is 3.41. The number of halogens is 1. The Morgan fingerprint density at radius 1 is 0.964 bits per heavy atom. The highest BCUT2D eigenvalue weighted by molar-refractivity contribution is 9.10. The van der Waals surface area contributed by atoms with E-state index in [1.54, 1.807) is 4.90 Å². The third-order valence-electron chi connectivity index (χ3n) is 5.05. The van der Waals surface area contributed by atoms with Crippen LogP contribution in [-0.4, -0.2) is 54.4 Å². The number of benzene rings is 2. The Labute approximate surface area is 174 Å². The van der Waals surface area contributed by atoms with Crippen molar-refractivity contribution in [2.24, 2.45) is 0 Å². The summed E-state index contributed by atoms with van der Waals surface area (Å²) in [7, 11) is 0. The van der Waals surface area contributed by atoms with Crippen molar-refractivity contribution >= 4 is 27.7 Å². The predicted octanol–water partition coefficient (Wildman–Crippen LogP) is 3.82. The van der Waals surface area contributed by atoms with Crippen LogP contribution in [0.15, 0.2) is 46.9 Å². The van der Waals surface area contributed by atoms with Crippen molar-refractivity contribution in [3.63, 3.8) is 0 Å². The van der Waals surface area contributed by atoms with E-state index >= 15 is 0 Å². The molecule has 148 valence electrons. The summed E-state index contributed by atoms with van der Waals surface area (Å²) in [5.74, 6) is 0.662. The SMILES string of the molecule is Cc1ccc(OCC(=O)N2CCCN(C(=O)c3cccc(Br)c3)CC2)cc1C. The summed E-state index contributed by atoms with van der Waals surface area (Å²) in [6.45, 7) is 6.42. The van der Waals surface area contributed by atoms with Crippen LogP contribution in [0.1, 0.15) is 27.9 Å². The second-order valence-corrected chi connectivity index (χ2v) is 7.99. The Morgan fingerprint density at radius 3 is 2.46 bits per heavy atom. The normalized spacial score (nSPS) is 14.5. The average molecular weight is 445 g/mol. The molecule has 0 aliphatic carbocycles. The van der Waals surface area contributed by atoms with Crippen LogP contribution in [0.4, 0.5) is 0 Å². The molecule has 5 nitrogen and oxygen atoms in total. The molecule has 1 aliphatic heterocycles. The molecule has 0 aromatic heterocycles. The van der Waals surface area contributed by atoms with Gasteiger partial charge in [-0.3, -0.25) is 9.59 Å². The molecule has 28 heavy (non-hydrogen) atoms. The van der Waals surface area contributed by atoms with E-state index in [9.17, 15) is 9.59 Å². The van der Waals surface area contributed by atoms with E-state index in [1.165, 1.54) is 5.56 Å². The molecule has 0 saturated carbocycles. The summed E-state index contributed by atoms with van der Waals surface area (Å²) in [5, 5.41) is 0. The topological polar surface area (TPSA) is 49.9 Å². The molecule has 1 aliphatic rings. The predicted molar refractivity (Wildman–Crippen MR) is 113 cm³/mol. The molecule has 1 fully saturated rings. The van der Waals surface area contributed by atoms with Gasteiger partial charge in [0.2, 0.25) is 0 Å². The molecule has 2 aromatic carbocycles. The Hall–Kier alpha value is -2.34. The standard InChI is InChI=1S/C22H25BrN2O3/c1-16-7-8-20(13-17(16)2)28-15-21(26)24-9-4-10-25(12-11-24)22(27)18-5-3-6-19(23)14-18/h3,5-8,13-14H,4,9-12,15H2,1-2H3. The maximum Gasteiger partial charge on any atom is 0.260 e. The lowest BCUT2D eigenvalue weighted by Crippen LogP contribution is -2.39. The van der Waals surface area contributed by atoms with Crippen molar-refractivity contribution in [1.29, 1.82) is 0 Å². The van der Waals surface area contributed by atoms with Gasteiger partial charge in [-0.05, 0) is 61.7 Å². The van der Waals surface area contributed by atoms with Gasteiger partial charge in [0, 0.05) is 36.2 Å². The zero-order valence-corrected chi connectivity index (χ0v) is 17.9. The third kappa shape index (κ3) is 5.13. The highest BCUT2D eigenvalue weighted by Gasteiger charge is 2.23. The monoisotopic (exact) mass is 444 g/mol. The lowest BCUT2D eigenvalue weighted by Gasteiger charge is -2.22. The summed E-state index contributed by atoms with van der Waals surface area (Å²) in [4.78, 5) is 28.9. The van der Waals surface area contributed by atoms with Crippen molar-refractivity contribution in [3.05, 3.63) is 63.6 Å². The number of rotatable bonds is 4. The van der Waals surface area contributed by atoms with Crippen molar-refractivity contribution in [1.82, 2.24) is 9.80 Å². The number of hydrogen-bond acceptors (Lipinski definition) is 3. The molecule has 2 amide bonds. The lowest BCUT2D eigenvalue weighted by molar-refractivity contribution is -0.133. The molecular formula is C22H25BrN2O3. The molecule has 0 unspecified atom stereocenters. The molecule has 0 N–H and O–H groups in total. The first-order valence-corrected chi connectivity index (χ1v) is 10.3. The van der Waals surface area contributed by atoms with E-state index in [0.717, 1.165) is 16.5 Å². The minimum Gasteiger partial charge on any atom is -0.484 e. The molecule has 0 atom stereocenters. The Bertz CT molecular complexity index is 869. The fourth-order valence-electron chi connectivity index (χ4n) is 3.21. The summed E-state index contributed by atoms with van der Waals surface area (Å²) in [6.07, 6.45) is 0.759. The zero-order chi connectivity index (χ0) is 20.1. The minimum absolute atomic E-state index is 0.00183. The first-order chi connectivity index (χ1) is 13.4. The minimum atomic E-state index is -0.0463. The zero-order valence-electron chi connectivity index (χ0n) is 16.3. The number of amides is 2. The molecule has 1 heterocycles. The molecule has 0 radical (unpaired) electrons. The van der Waals surface area contributed by atoms with Gasteiger partial charge in [0.25, 0.3) is 11.8 Å². The van der Waals surface area contributed by atoms with Crippen LogP contribution in [0.3, 0.4) is 0 Å². The van der Waals surface area contributed by atoms with Gasteiger partial charge in [-0.1, -0.05) is 28.1 Å². The van der Waals surface area contributed by atoms with Gasteiger partial charge in [-0.2, -0.15) is 0 Å². The van der Waals surface area contributed by atoms with Crippen LogP contribution in [0.25, 0.3) is 0 Å². The fourth-order valence-corrected chi connectivity index (χ4v) is 3.61. The maximum atomic E-state index is 12.7. The number of nitrogens with zero attached hydrogens (tertiary/aromatic N) is 2. The maximum absolute atomic E-state index is 12.7. The number of ether oxygens (including phenoxy) is 1. The lowest BCUT2D eigenvalue weighted by atomic mass is 10.1. The number of aryl methyl sites for hydroxylation is 2. The largest absolute Gasteiger partial charge is 0.484 e. The van der Waals surface area contributed by atoms with Crippen LogP contribution in [-0.2, 0) is 4.79 Å². The van der Waals surface area contributed by atoms with Gasteiger partial charge in [0.05, 0.1) is 0 Å². The smallest absolute Gasteiger partial charge is 0.260 e. The van der Waals surface area contributed by atoms with Gasteiger partial charge in [0.1, 0.15) is 5.75 Å². The summed E-state index contributed by atoms with van der Waals surface area (Å²) < 4.78 is 6.56. The van der Waals surface area contributed by atoms with E-state index in [2.05, 4.69) is 15.9 Å². The summed E-state index contributed by atoms with van der Waals surface area (Å²) in [6, 6.07) is 13.2. The molecule has 1 saturated heterocycles. The van der Waals surface area contributed by atoms with Gasteiger partial charge >= 0.3 is 0 Å². The van der Waals surface area contributed by atoms with Crippen LogP contribution >= 0.6 is 15.9 Å². The van der Waals surface area contributed by atoms with E-state index < -0.39 is 0 Å². The van der Waals surface area contributed by atoms with Crippen LogP contribution < -0.4 is 4.74 Å². The second kappa shape index (κ2) is 9.24. The van der Waals surface area contributed by atoms with Gasteiger partial charge in [-0.25, -0.2) is 0 Å². The van der Waals surface area contributed by atoms with Crippen molar-refractivity contribution in [2.75, 3.05) is 32.8 Å². The number of carbonyl (C=O) groups is 2. The Balaban J connectivity index is 1.54. The average Bonchev–Trinajstić information content (AvgIpc) is 2.94. The van der Waals surface area contributed by atoms with Gasteiger partial charge < -0.3 is 14.5 Å². The van der Waals surface area contributed by atoms with Crippen LogP contribution in [0, 0.1) is 13.8 Å². The van der Waals surface area contributed by atoms with Crippen molar-refractivity contribution < 1.29 is 14.3 Å². The number of carbonyl (C=O) groups excluding carboxylic acids is 2. The van der Waals surface area contributed by atoms with Crippen LogP contribution in [0.5, 0.6) is 5.75 Å². The molecular weight excluding hydrogens is 420 g/mol. The molecule has 6 heteroatoms. The van der Waals surface area contributed by atoms with Gasteiger partial charge in [-0.15, -0.1) is 0 Å². The van der Waals surface area contributed by atoms with Crippen LogP contribution in [0.2, 0.25) is 0 Å². The molecule has 0 spiro atoms. The van der Waals surface area contributed by atoms with E-state index in [0.29, 0.717) is 37.5 Å². The highest BCUT2D eigenvalue weighted by Crippen LogP contribution is 2.17. The molecule has 2 aromatic rings. The first kappa shape index (κ1) is 20.4. The van der Waals surface area contributed by atoms with E-state index in [4.69, 9.17) is 4.74 Å². The Kier molecular flexibility index (Phi) is 6.73. The number of hydrogen-bond donors (Lipinski definition) is 0. The molecule has 3 rings (SSSR count). The quantitative estimate of drug-likeness (QED) is 0.719. The Morgan fingerprint density at radius 2 is 1.71 bits per heavy atom. The third-order valence-corrected chi connectivity index (χ3v) is 5.54. The van der Waals surface area contributed by atoms with E-state index in [-0.39, 0.29) is 18.4 Å². The second-order valence-electron chi connectivity index (χ2n) is 7.07. The van der Waals surface area contributed by atoms with E-state index in [1.807, 2.05) is 61.2 Å². The molecule has 0 bridgehead atoms. The van der Waals surface area contributed by atoms with Crippen molar-refractivity contribution in [3.8, 4) is 5.75 Å². The van der Waals surface area contributed by atoms with Gasteiger partial charge in [0.15, 0.2) is 6.61 Å². The summed E-state index contributed by atoms with van der Waals surface area (Å²) in [5.41, 5.74) is 3.00. The fraction of sp³-hybridized carbons (Fsp3) is 0.364. The first-order valence-electron chi connectivity index (χ1n) is 9.47.